The summed E-state index contributed by atoms with van der Waals surface area (Å²) in [5.41, 5.74) is 0.250. The first kappa shape index (κ1) is 15.8. The third kappa shape index (κ3) is 3.80. The highest BCUT2D eigenvalue weighted by molar-refractivity contribution is 4.96. The van der Waals surface area contributed by atoms with Crippen molar-refractivity contribution >= 4 is 0 Å². The van der Waals surface area contributed by atoms with Gasteiger partial charge in [-0.25, -0.2) is 0 Å². The van der Waals surface area contributed by atoms with E-state index in [4.69, 9.17) is 9.47 Å². The van der Waals surface area contributed by atoms with Crippen molar-refractivity contribution < 1.29 is 9.47 Å². The van der Waals surface area contributed by atoms with Crippen LogP contribution in [0.25, 0.3) is 0 Å². The van der Waals surface area contributed by atoms with Crippen LogP contribution in [0.15, 0.2) is 0 Å². The van der Waals surface area contributed by atoms with E-state index in [9.17, 15) is 0 Å². The molecule has 0 aromatic rings. The van der Waals surface area contributed by atoms with Crippen LogP contribution in [0.3, 0.4) is 0 Å². The number of rotatable bonds is 5. The standard InChI is InChI=1S/C18H33NO2/c1-2-10-19-17(15-5-11-20-12-6-15)16-7-13-21-18(14-16)8-3-4-9-18/h15-17,19H,2-14H2,1H3. The minimum Gasteiger partial charge on any atom is -0.381 e. The van der Waals surface area contributed by atoms with Gasteiger partial charge < -0.3 is 14.8 Å². The summed E-state index contributed by atoms with van der Waals surface area (Å²) in [6.45, 7) is 6.34. The van der Waals surface area contributed by atoms with Gasteiger partial charge in [0, 0.05) is 25.9 Å². The molecule has 1 N–H and O–H groups in total. The maximum atomic E-state index is 6.25. The van der Waals surface area contributed by atoms with Crippen molar-refractivity contribution in [2.45, 2.75) is 76.4 Å². The van der Waals surface area contributed by atoms with E-state index in [1.54, 1.807) is 0 Å². The summed E-state index contributed by atoms with van der Waals surface area (Å²) >= 11 is 0. The summed E-state index contributed by atoms with van der Waals surface area (Å²) < 4.78 is 11.8. The maximum Gasteiger partial charge on any atom is 0.0685 e. The molecule has 0 aromatic heterocycles. The topological polar surface area (TPSA) is 30.5 Å². The highest BCUT2D eigenvalue weighted by Crippen LogP contribution is 2.44. The van der Waals surface area contributed by atoms with Crippen LogP contribution < -0.4 is 5.32 Å². The first-order valence-electron chi connectivity index (χ1n) is 9.28. The molecule has 2 unspecified atom stereocenters. The summed E-state index contributed by atoms with van der Waals surface area (Å²) in [6.07, 6.45) is 11.6. The lowest BCUT2D eigenvalue weighted by atomic mass is 9.74. The lowest BCUT2D eigenvalue weighted by Crippen LogP contribution is -2.50. The molecule has 1 aliphatic carbocycles. The van der Waals surface area contributed by atoms with E-state index in [1.807, 2.05) is 0 Å². The Balaban J connectivity index is 1.65. The van der Waals surface area contributed by atoms with Gasteiger partial charge in [0.15, 0.2) is 0 Å². The summed E-state index contributed by atoms with van der Waals surface area (Å²) in [5, 5.41) is 3.90. The molecule has 1 spiro atoms. The zero-order chi connectivity index (χ0) is 14.5. The van der Waals surface area contributed by atoms with Crippen molar-refractivity contribution in [1.82, 2.24) is 5.32 Å². The molecular weight excluding hydrogens is 262 g/mol. The van der Waals surface area contributed by atoms with Crippen molar-refractivity contribution in [3.05, 3.63) is 0 Å². The van der Waals surface area contributed by atoms with E-state index < -0.39 is 0 Å². The van der Waals surface area contributed by atoms with Crippen LogP contribution in [0.5, 0.6) is 0 Å². The zero-order valence-corrected chi connectivity index (χ0v) is 13.7. The second kappa shape index (κ2) is 7.43. The van der Waals surface area contributed by atoms with Gasteiger partial charge >= 0.3 is 0 Å². The van der Waals surface area contributed by atoms with E-state index >= 15 is 0 Å². The Morgan fingerprint density at radius 2 is 1.76 bits per heavy atom. The molecule has 0 amide bonds. The fourth-order valence-electron chi connectivity index (χ4n) is 4.84. The van der Waals surface area contributed by atoms with Crippen LogP contribution in [-0.4, -0.2) is 38.0 Å². The van der Waals surface area contributed by atoms with Gasteiger partial charge in [-0.15, -0.1) is 0 Å². The van der Waals surface area contributed by atoms with Gasteiger partial charge in [0.2, 0.25) is 0 Å². The lowest BCUT2D eigenvalue weighted by molar-refractivity contribution is -0.103. The quantitative estimate of drug-likeness (QED) is 0.842. The van der Waals surface area contributed by atoms with Crippen molar-refractivity contribution in [2.24, 2.45) is 11.8 Å². The van der Waals surface area contributed by atoms with E-state index in [0.717, 1.165) is 38.2 Å². The molecule has 3 aliphatic rings. The average Bonchev–Trinajstić information content (AvgIpc) is 2.97. The summed E-state index contributed by atoms with van der Waals surface area (Å²) in [5.74, 6) is 1.62. The van der Waals surface area contributed by atoms with Crippen molar-refractivity contribution in [1.29, 1.82) is 0 Å². The summed E-state index contributed by atoms with van der Waals surface area (Å²) in [6, 6.07) is 0.690. The molecule has 2 saturated heterocycles. The molecule has 3 nitrogen and oxygen atoms in total. The SMILES string of the molecule is CCCNC(C1CCOCC1)C1CCOC2(CCCC2)C1. The normalized spacial score (nSPS) is 31.6. The van der Waals surface area contributed by atoms with E-state index in [0.29, 0.717) is 6.04 Å². The number of nitrogens with one attached hydrogen (secondary N) is 1. The van der Waals surface area contributed by atoms with Crippen molar-refractivity contribution in [2.75, 3.05) is 26.4 Å². The minimum absolute atomic E-state index is 0.250. The Morgan fingerprint density at radius 1 is 1.05 bits per heavy atom. The Hall–Kier alpha value is -0.120. The fraction of sp³-hybridized carbons (Fsp3) is 1.00. The van der Waals surface area contributed by atoms with Crippen LogP contribution in [0.1, 0.15) is 64.7 Å². The summed E-state index contributed by atoms with van der Waals surface area (Å²) in [4.78, 5) is 0. The molecule has 3 rings (SSSR count). The molecule has 3 heteroatoms. The van der Waals surface area contributed by atoms with Crippen LogP contribution in [0.4, 0.5) is 0 Å². The molecule has 2 heterocycles. The minimum atomic E-state index is 0.250. The van der Waals surface area contributed by atoms with E-state index in [2.05, 4.69) is 12.2 Å². The van der Waals surface area contributed by atoms with Crippen LogP contribution in [-0.2, 0) is 9.47 Å². The van der Waals surface area contributed by atoms with E-state index in [-0.39, 0.29) is 5.60 Å². The molecule has 0 radical (unpaired) electrons. The van der Waals surface area contributed by atoms with Gasteiger partial charge in [0.25, 0.3) is 0 Å². The highest BCUT2D eigenvalue weighted by Gasteiger charge is 2.43. The second-order valence-electron chi connectivity index (χ2n) is 7.42. The van der Waals surface area contributed by atoms with Crippen molar-refractivity contribution in [3.8, 4) is 0 Å². The van der Waals surface area contributed by atoms with Gasteiger partial charge in [-0.05, 0) is 63.3 Å². The first-order chi connectivity index (χ1) is 10.3. The van der Waals surface area contributed by atoms with Gasteiger partial charge in [0.05, 0.1) is 5.60 Å². The fourth-order valence-corrected chi connectivity index (χ4v) is 4.84. The second-order valence-corrected chi connectivity index (χ2v) is 7.42. The van der Waals surface area contributed by atoms with Crippen LogP contribution >= 0.6 is 0 Å². The maximum absolute atomic E-state index is 6.25. The smallest absolute Gasteiger partial charge is 0.0685 e. The Morgan fingerprint density at radius 3 is 2.48 bits per heavy atom. The van der Waals surface area contributed by atoms with Gasteiger partial charge in [-0.1, -0.05) is 19.8 Å². The molecule has 122 valence electrons. The lowest BCUT2D eigenvalue weighted by Gasteiger charge is -2.44. The van der Waals surface area contributed by atoms with E-state index in [1.165, 1.54) is 57.8 Å². The van der Waals surface area contributed by atoms with Crippen LogP contribution in [0, 0.1) is 11.8 Å². The third-order valence-corrected chi connectivity index (χ3v) is 5.96. The number of hydrogen-bond donors (Lipinski definition) is 1. The molecule has 3 fully saturated rings. The zero-order valence-electron chi connectivity index (χ0n) is 13.7. The van der Waals surface area contributed by atoms with Crippen LogP contribution in [0.2, 0.25) is 0 Å². The van der Waals surface area contributed by atoms with Crippen molar-refractivity contribution in [3.63, 3.8) is 0 Å². The summed E-state index contributed by atoms with van der Waals surface area (Å²) in [7, 11) is 0. The number of ether oxygens (including phenoxy) is 2. The average molecular weight is 295 g/mol. The monoisotopic (exact) mass is 295 g/mol. The Labute approximate surface area is 130 Å². The molecular formula is C18H33NO2. The molecule has 0 aromatic carbocycles. The Bertz CT molecular complexity index is 308. The third-order valence-electron chi connectivity index (χ3n) is 5.96. The predicted molar refractivity (Wildman–Crippen MR) is 85.5 cm³/mol. The Kier molecular flexibility index (Phi) is 5.58. The molecule has 21 heavy (non-hydrogen) atoms. The molecule has 1 saturated carbocycles. The van der Waals surface area contributed by atoms with Gasteiger partial charge in [0.1, 0.15) is 0 Å². The van der Waals surface area contributed by atoms with Gasteiger partial charge in [-0.2, -0.15) is 0 Å². The predicted octanol–water partition coefficient (Wildman–Crippen LogP) is 3.52. The first-order valence-corrected chi connectivity index (χ1v) is 9.28. The molecule has 2 atom stereocenters. The number of hydrogen-bond acceptors (Lipinski definition) is 3. The molecule has 0 bridgehead atoms. The molecule has 2 aliphatic heterocycles. The highest BCUT2D eigenvalue weighted by atomic mass is 16.5. The van der Waals surface area contributed by atoms with Gasteiger partial charge in [-0.3, -0.25) is 0 Å². The largest absolute Gasteiger partial charge is 0.381 e.